The Bertz CT molecular complexity index is 341. The number of thioether (sulfide) groups is 1. The van der Waals surface area contributed by atoms with E-state index in [9.17, 15) is 0 Å². The topological polar surface area (TPSA) is 37.8 Å². The number of hydrogen-bond acceptors (Lipinski definition) is 4. The first-order valence-electron chi connectivity index (χ1n) is 6.19. The fraction of sp³-hybridized carbons (Fsp3) is 0.692. The van der Waals surface area contributed by atoms with Crippen LogP contribution in [0.5, 0.6) is 0 Å². The Balaban J connectivity index is 2.78. The lowest BCUT2D eigenvalue weighted by Crippen LogP contribution is -2.16. The normalized spacial score (nSPS) is 11.2. The molecule has 1 rings (SSSR count). The van der Waals surface area contributed by atoms with Crippen LogP contribution in [0, 0.1) is 13.8 Å². The first-order chi connectivity index (χ1) is 8.04. The lowest BCUT2D eigenvalue weighted by atomic mass is 10.1. The zero-order chi connectivity index (χ0) is 12.8. The fourth-order valence-electron chi connectivity index (χ4n) is 1.62. The van der Waals surface area contributed by atoms with Crippen molar-refractivity contribution in [1.82, 2.24) is 15.3 Å². The third kappa shape index (κ3) is 4.64. The van der Waals surface area contributed by atoms with Crippen molar-refractivity contribution < 1.29 is 0 Å². The van der Waals surface area contributed by atoms with E-state index in [1.165, 1.54) is 5.56 Å². The Morgan fingerprint density at radius 2 is 1.76 bits per heavy atom. The van der Waals surface area contributed by atoms with Gasteiger partial charge in [0.25, 0.3) is 0 Å². The van der Waals surface area contributed by atoms with Crippen molar-refractivity contribution in [3.8, 4) is 0 Å². The molecule has 1 heterocycles. The standard InChI is InChI=1S/C13H23N3S/c1-6-14-7-12-10(4)15-13(16-11(12)5)8-17-9(2)3/h9,14H,6-8H2,1-5H3. The van der Waals surface area contributed by atoms with Crippen molar-refractivity contribution in [1.29, 1.82) is 0 Å². The van der Waals surface area contributed by atoms with E-state index in [1.807, 2.05) is 11.8 Å². The van der Waals surface area contributed by atoms with E-state index in [0.717, 1.165) is 36.1 Å². The maximum Gasteiger partial charge on any atom is 0.138 e. The highest BCUT2D eigenvalue weighted by Crippen LogP contribution is 2.17. The van der Waals surface area contributed by atoms with Gasteiger partial charge < -0.3 is 5.32 Å². The van der Waals surface area contributed by atoms with Crippen molar-refractivity contribution in [2.24, 2.45) is 0 Å². The number of nitrogens with zero attached hydrogens (tertiary/aromatic N) is 2. The number of rotatable bonds is 6. The number of hydrogen-bond donors (Lipinski definition) is 1. The molecule has 0 saturated carbocycles. The molecule has 0 unspecified atom stereocenters. The maximum atomic E-state index is 4.59. The van der Waals surface area contributed by atoms with Gasteiger partial charge in [0, 0.05) is 23.5 Å². The Morgan fingerprint density at radius 1 is 1.18 bits per heavy atom. The molecule has 96 valence electrons. The minimum atomic E-state index is 0.626. The quantitative estimate of drug-likeness (QED) is 0.846. The second-order valence-corrected chi connectivity index (χ2v) is 5.99. The molecule has 0 atom stereocenters. The molecule has 0 aliphatic rings. The average molecular weight is 253 g/mol. The highest BCUT2D eigenvalue weighted by Gasteiger charge is 2.08. The Morgan fingerprint density at radius 3 is 2.24 bits per heavy atom. The number of aromatic nitrogens is 2. The first kappa shape index (κ1) is 14.5. The monoisotopic (exact) mass is 253 g/mol. The molecule has 0 amide bonds. The summed E-state index contributed by atoms with van der Waals surface area (Å²) < 4.78 is 0. The molecule has 1 N–H and O–H groups in total. The van der Waals surface area contributed by atoms with Crippen molar-refractivity contribution in [3.63, 3.8) is 0 Å². The summed E-state index contributed by atoms with van der Waals surface area (Å²) in [6.07, 6.45) is 0. The largest absolute Gasteiger partial charge is 0.313 e. The predicted octanol–water partition coefficient (Wildman–Crippen LogP) is 2.84. The molecule has 0 bridgehead atoms. The molecule has 4 heteroatoms. The van der Waals surface area contributed by atoms with Gasteiger partial charge in [-0.2, -0.15) is 11.8 Å². The van der Waals surface area contributed by atoms with E-state index in [-0.39, 0.29) is 0 Å². The van der Waals surface area contributed by atoms with Crippen LogP contribution in [0.3, 0.4) is 0 Å². The van der Waals surface area contributed by atoms with Crippen LogP contribution in [0.2, 0.25) is 0 Å². The van der Waals surface area contributed by atoms with E-state index in [1.54, 1.807) is 0 Å². The van der Waals surface area contributed by atoms with Gasteiger partial charge in [0.05, 0.1) is 5.75 Å². The van der Waals surface area contributed by atoms with Gasteiger partial charge in [0.15, 0.2) is 0 Å². The van der Waals surface area contributed by atoms with Gasteiger partial charge in [-0.25, -0.2) is 9.97 Å². The van der Waals surface area contributed by atoms with Crippen molar-refractivity contribution in [2.45, 2.75) is 52.2 Å². The van der Waals surface area contributed by atoms with Crippen molar-refractivity contribution in [3.05, 3.63) is 22.8 Å². The van der Waals surface area contributed by atoms with E-state index >= 15 is 0 Å². The van der Waals surface area contributed by atoms with E-state index in [0.29, 0.717) is 5.25 Å². The molecule has 0 aliphatic carbocycles. The third-order valence-corrected chi connectivity index (χ3v) is 3.66. The van der Waals surface area contributed by atoms with Crippen LogP contribution in [0.1, 0.15) is 43.5 Å². The van der Waals surface area contributed by atoms with Gasteiger partial charge in [-0.15, -0.1) is 0 Å². The van der Waals surface area contributed by atoms with Gasteiger partial charge >= 0.3 is 0 Å². The molecule has 0 aliphatic heterocycles. The summed E-state index contributed by atoms with van der Waals surface area (Å²) in [6.45, 7) is 12.5. The molecular weight excluding hydrogens is 230 g/mol. The van der Waals surface area contributed by atoms with Crippen LogP contribution in [-0.2, 0) is 12.3 Å². The van der Waals surface area contributed by atoms with Gasteiger partial charge in [-0.1, -0.05) is 20.8 Å². The zero-order valence-electron chi connectivity index (χ0n) is 11.5. The lowest BCUT2D eigenvalue weighted by molar-refractivity contribution is 0.707. The summed E-state index contributed by atoms with van der Waals surface area (Å²) in [7, 11) is 0. The third-order valence-electron chi connectivity index (χ3n) is 2.56. The molecule has 0 radical (unpaired) electrons. The predicted molar refractivity (Wildman–Crippen MR) is 75.3 cm³/mol. The summed E-state index contributed by atoms with van der Waals surface area (Å²) in [5, 5.41) is 3.96. The Kier molecular flexibility index (Phi) is 5.92. The summed E-state index contributed by atoms with van der Waals surface area (Å²) in [6, 6.07) is 0. The summed E-state index contributed by atoms with van der Waals surface area (Å²) >= 11 is 1.88. The zero-order valence-corrected chi connectivity index (χ0v) is 12.3. The van der Waals surface area contributed by atoms with Crippen LogP contribution in [0.15, 0.2) is 0 Å². The van der Waals surface area contributed by atoms with Crippen molar-refractivity contribution >= 4 is 11.8 Å². The highest BCUT2D eigenvalue weighted by atomic mass is 32.2. The van der Waals surface area contributed by atoms with E-state index in [2.05, 4.69) is 49.9 Å². The Hall–Kier alpha value is -0.610. The Labute approximate surface area is 109 Å². The van der Waals surface area contributed by atoms with Crippen LogP contribution < -0.4 is 5.32 Å². The van der Waals surface area contributed by atoms with E-state index in [4.69, 9.17) is 0 Å². The van der Waals surface area contributed by atoms with Crippen LogP contribution >= 0.6 is 11.8 Å². The molecule has 0 spiro atoms. The molecule has 3 nitrogen and oxygen atoms in total. The number of nitrogens with one attached hydrogen (secondary N) is 1. The second kappa shape index (κ2) is 6.97. The molecule has 0 saturated heterocycles. The molecule has 0 aromatic carbocycles. The minimum absolute atomic E-state index is 0.626. The van der Waals surface area contributed by atoms with Crippen LogP contribution in [0.25, 0.3) is 0 Å². The fourth-order valence-corrected chi connectivity index (χ4v) is 2.23. The van der Waals surface area contributed by atoms with Gasteiger partial charge in [0.1, 0.15) is 5.82 Å². The van der Waals surface area contributed by atoms with E-state index < -0.39 is 0 Å². The number of aryl methyl sites for hydroxylation is 2. The lowest BCUT2D eigenvalue weighted by Gasteiger charge is -2.11. The van der Waals surface area contributed by atoms with Gasteiger partial charge in [-0.3, -0.25) is 0 Å². The molecular formula is C13H23N3S. The minimum Gasteiger partial charge on any atom is -0.313 e. The summed E-state index contributed by atoms with van der Waals surface area (Å²) in [4.78, 5) is 9.17. The second-order valence-electron chi connectivity index (χ2n) is 4.43. The molecule has 17 heavy (non-hydrogen) atoms. The molecule has 0 fully saturated rings. The van der Waals surface area contributed by atoms with Crippen molar-refractivity contribution in [2.75, 3.05) is 6.54 Å². The molecule has 1 aromatic rings. The summed E-state index contributed by atoms with van der Waals surface area (Å²) in [5.74, 6) is 1.86. The maximum absolute atomic E-state index is 4.59. The highest BCUT2D eigenvalue weighted by molar-refractivity contribution is 7.99. The van der Waals surface area contributed by atoms with Crippen LogP contribution in [0.4, 0.5) is 0 Å². The van der Waals surface area contributed by atoms with Gasteiger partial charge in [-0.05, 0) is 25.6 Å². The summed E-state index contributed by atoms with van der Waals surface area (Å²) in [5.41, 5.74) is 3.46. The van der Waals surface area contributed by atoms with Crippen LogP contribution in [-0.4, -0.2) is 21.8 Å². The molecule has 1 aromatic heterocycles. The first-order valence-corrected chi connectivity index (χ1v) is 7.24. The smallest absolute Gasteiger partial charge is 0.138 e. The van der Waals surface area contributed by atoms with Gasteiger partial charge in [0.2, 0.25) is 0 Å². The average Bonchev–Trinajstić information content (AvgIpc) is 2.25. The SMILES string of the molecule is CCNCc1c(C)nc(CSC(C)C)nc1C.